The minimum atomic E-state index is -0.392. The molecule has 0 spiro atoms. The summed E-state index contributed by atoms with van der Waals surface area (Å²) in [5, 5.41) is 11.3. The number of rotatable bonds is 9. The standard InChI is InChI=1S/C22H40N6O2/c1-22(2,3)30-20(29)12-8-6-7-9-13-24-21(23-4)26-18-11-10-14-28(16-18)19-15-25-27(5)17-19/h15,17-18H,6-14,16H2,1-5H3,(H2,23,24,26). The summed E-state index contributed by atoms with van der Waals surface area (Å²) in [6.45, 7) is 8.62. The zero-order valence-electron chi connectivity index (χ0n) is 19.4. The van der Waals surface area contributed by atoms with Crippen LogP contribution in [0.1, 0.15) is 65.7 Å². The average molecular weight is 421 g/mol. The average Bonchev–Trinajstić information content (AvgIpc) is 3.11. The lowest BCUT2D eigenvalue weighted by Gasteiger charge is -2.34. The first kappa shape index (κ1) is 24.0. The number of nitrogens with one attached hydrogen (secondary N) is 2. The first-order valence-corrected chi connectivity index (χ1v) is 11.2. The Morgan fingerprint density at radius 2 is 2.07 bits per heavy atom. The summed E-state index contributed by atoms with van der Waals surface area (Å²) in [5.41, 5.74) is 0.787. The molecule has 8 heteroatoms. The first-order chi connectivity index (χ1) is 14.3. The van der Waals surface area contributed by atoms with Crippen molar-refractivity contribution >= 4 is 17.6 Å². The third kappa shape index (κ3) is 9.05. The summed E-state index contributed by atoms with van der Waals surface area (Å²) in [6, 6.07) is 0.374. The number of unbranched alkanes of at least 4 members (excludes halogenated alkanes) is 3. The zero-order valence-corrected chi connectivity index (χ0v) is 19.4. The SMILES string of the molecule is CN=C(NCCCCCCC(=O)OC(C)(C)C)NC1CCCN(c2cnn(C)c2)C1. The number of nitrogens with zero attached hydrogens (tertiary/aromatic N) is 4. The van der Waals surface area contributed by atoms with Gasteiger partial charge in [-0.3, -0.25) is 14.5 Å². The Labute approximate surface area is 181 Å². The molecular formula is C22H40N6O2. The fourth-order valence-corrected chi connectivity index (χ4v) is 3.64. The van der Waals surface area contributed by atoms with Crippen LogP contribution in [0.2, 0.25) is 0 Å². The van der Waals surface area contributed by atoms with E-state index in [9.17, 15) is 4.79 Å². The second-order valence-electron chi connectivity index (χ2n) is 9.05. The minimum Gasteiger partial charge on any atom is -0.460 e. The predicted octanol–water partition coefficient (Wildman–Crippen LogP) is 2.85. The molecule has 170 valence electrons. The van der Waals surface area contributed by atoms with E-state index in [0.717, 1.165) is 64.1 Å². The predicted molar refractivity (Wildman–Crippen MR) is 122 cm³/mol. The van der Waals surface area contributed by atoms with Crippen LogP contribution in [0.3, 0.4) is 0 Å². The Kier molecular flexibility index (Phi) is 9.46. The molecule has 2 heterocycles. The van der Waals surface area contributed by atoms with Crippen molar-refractivity contribution in [2.24, 2.45) is 12.0 Å². The highest BCUT2D eigenvalue weighted by Crippen LogP contribution is 2.19. The molecule has 1 aliphatic heterocycles. The van der Waals surface area contributed by atoms with E-state index in [2.05, 4.69) is 31.8 Å². The van der Waals surface area contributed by atoms with Crippen LogP contribution in [-0.2, 0) is 16.6 Å². The molecule has 1 unspecified atom stereocenters. The van der Waals surface area contributed by atoms with Gasteiger partial charge in [-0.15, -0.1) is 0 Å². The van der Waals surface area contributed by atoms with Crippen LogP contribution in [0.15, 0.2) is 17.4 Å². The fraction of sp³-hybridized carbons (Fsp3) is 0.773. The van der Waals surface area contributed by atoms with Gasteiger partial charge in [0.2, 0.25) is 0 Å². The zero-order chi connectivity index (χ0) is 22.0. The van der Waals surface area contributed by atoms with Gasteiger partial charge in [0.25, 0.3) is 0 Å². The number of hydrogen-bond acceptors (Lipinski definition) is 5. The van der Waals surface area contributed by atoms with E-state index in [-0.39, 0.29) is 5.97 Å². The molecule has 2 N–H and O–H groups in total. The number of aromatic nitrogens is 2. The highest BCUT2D eigenvalue weighted by atomic mass is 16.6. The molecule has 2 rings (SSSR count). The Balaban J connectivity index is 1.59. The van der Waals surface area contributed by atoms with E-state index in [1.54, 1.807) is 0 Å². The molecule has 1 aromatic heterocycles. The van der Waals surface area contributed by atoms with Crippen molar-refractivity contribution in [1.82, 2.24) is 20.4 Å². The third-order valence-corrected chi connectivity index (χ3v) is 5.06. The Morgan fingerprint density at radius 1 is 1.30 bits per heavy atom. The fourth-order valence-electron chi connectivity index (χ4n) is 3.64. The van der Waals surface area contributed by atoms with E-state index in [1.165, 1.54) is 5.69 Å². The summed E-state index contributed by atoms with van der Waals surface area (Å²) in [4.78, 5) is 18.5. The summed E-state index contributed by atoms with van der Waals surface area (Å²) in [5.74, 6) is 0.764. The maximum atomic E-state index is 11.7. The molecule has 0 saturated carbocycles. The van der Waals surface area contributed by atoms with E-state index in [0.29, 0.717) is 12.5 Å². The van der Waals surface area contributed by atoms with Gasteiger partial charge in [0.15, 0.2) is 5.96 Å². The van der Waals surface area contributed by atoms with Crippen LogP contribution in [0.25, 0.3) is 0 Å². The first-order valence-electron chi connectivity index (χ1n) is 11.2. The summed E-state index contributed by atoms with van der Waals surface area (Å²) in [6.07, 6.45) is 10.9. The molecule has 1 fully saturated rings. The third-order valence-electron chi connectivity index (χ3n) is 5.06. The highest BCUT2D eigenvalue weighted by Gasteiger charge is 2.21. The van der Waals surface area contributed by atoms with Crippen molar-refractivity contribution in [1.29, 1.82) is 0 Å². The van der Waals surface area contributed by atoms with E-state index in [1.807, 2.05) is 45.7 Å². The van der Waals surface area contributed by atoms with Crippen LogP contribution < -0.4 is 15.5 Å². The van der Waals surface area contributed by atoms with Crippen LogP contribution in [0.5, 0.6) is 0 Å². The van der Waals surface area contributed by atoms with Crippen molar-refractivity contribution in [3.63, 3.8) is 0 Å². The van der Waals surface area contributed by atoms with Crippen LogP contribution in [-0.4, -0.2) is 60.0 Å². The lowest BCUT2D eigenvalue weighted by Crippen LogP contribution is -2.51. The highest BCUT2D eigenvalue weighted by molar-refractivity contribution is 5.80. The van der Waals surface area contributed by atoms with Gasteiger partial charge in [-0.1, -0.05) is 12.8 Å². The molecule has 0 aliphatic carbocycles. The molecule has 30 heavy (non-hydrogen) atoms. The number of aliphatic imine (C=N–C) groups is 1. The summed E-state index contributed by atoms with van der Waals surface area (Å²) in [7, 11) is 3.77. The quantitative estimate of drug-likeness (QED) is 0.277. The van der Waals surface area contributed by atoms with Gasteiger partial charge in [0.05, 0.1) is 11.9 Å². The molecule has 0 amide bonds. The van der Waals surface area contributed by atoms with E-state index in [4.69, 9.17) is 4.74 Å². The number of guanidine groups is 1. The largest absolute Gasteiger partial charge is 0.460 e. The molecule has 0 radical (unpaired) electrons. The van der Waals surface area contributed by atoms with Gasteiger partial charge in [-0.2, -0.15) is 5.10 Å². The van der Waals surface area contributed by atoms with Crippen molar-refractivity contribution in [2.45, 2.75) is 77.4 Å². The maximum absolute atomic E-state index is 11.7. The van der Waals surface area contributed by atoms with Gasteiger partial charge in [0, 0.05) is 52.4 Å². The maximum Gasteiger partial charge on any atom is 0.306 e. The molecule has 0 bridgehead atoms. The Bertz CT molecular complexity index is 679. The van der Waals surface area contributed by atoms with E-state index < -0.39 is 5.60 Å². The molecule has 1 aliphatic rings. The van der Waals surface area contributed by atoms with Crippen LogP contribution in [0.4, 0.5) is 5.69 Å². The van der Waals surface area contributed by atoms with Crippen molar-refractivity contribution < 1.29 is 9.53 Å². The Morgan fingerprint density at radius 3 is 2.73 bits per heavy atom. The number of hydrogen-bond donors (Lipinski definition) is 2. The van der Waals surface area contributed by atoms with Crippen molar-refractivity contribution in [3.8, 4) is 0 Å². The van der Waals surface area contributed by atoms with Crippen LogP contribution in [0, 0.1) is 0 Å². The molecular weight excluding hydrogens is 380 g/mol. The van der Waals surface area contributed by atoms with Gasteiger partial charge < -0.3 is 20.3 Å². The lowest BCUT2D eigenvalue weighted by molar-refractivity contribution is -0.154. The second-order valence-corrected chi connectivity index (χ2v) is 9.05. The normalized spacial score (nSPS) is 17.7. The van der Waals surface area contributed by atoms with Crippen molar-refractivity contribution in [2.75, 3.05) is 31.6 Å². The Hall–Kier alpha value is -2.25. The summed E-state index contributed by atoms with van der Waals surface area (Å²) >= 11 is 0. The van der Waals surface area contributed by atoms with Gasteiger partial charge in [-0.05, 0) is 46.5 Å². The van der Waals surface area contributed by atoms with Gasteiger partial charge in [0.1, 0.15) is 5.60 Å². The number of carbonyl (C=O) groups excluding carboxylic acids is 1. The summed E-state index contributed by atoms with van der Waals surface area (Å²) < 4.78 is 7.18. The number of carbonyl (C=O) groups is 1. The number of esters is 1. The van der Waals surface area contributed by atoms with E-state index >= 15 is 0 Å². The molecule has 0 aromatic carbocycles. The number of piperidine rings is 1. The number of anilines is 1. The number of ether oxygens (including phenoxy) is 1. The smallest absolute Gasteiger partial charge is 0.306 e. The molecule has 1 saturated heterocycles. The van der Waals surface area contributed by atoms with Crippen molar-refractivity contribution in [3.05, 3.63) is 12.4 Å². The van der Waals surface area contributed by atoms with Gasteiger partial charge >= 0.3 is 5.97 Å². The molecule has 1 aromatic rings. The van der Waals surface area contributed by atoms with Gasteiger partial charge in [-0.25, -0.2) is 0 Å². The number of aryl methyl sites for hydroxylation is 1. The van der Waals surface area contributed by atoms with Crippen LogP contribution >= 0.6 is 0 Å². The monoisotopic (exact) mass is 420 g/mol. The second kappa shape index (κ2) is 11.8. The lowest BCUT2D eigenvalue weighted by atomic mass is 10.1. The minimum absolute atomic E-state index is 0.0990. The molecule has 1 atom stereocenters. The topological polar surface area (TPSA) is 83.8 Å². The molecule has 8 nitrogen and oxygen atoms in total.